The van der Waals surface area contributed by atoms with Crippen LogP contribution in [-0.2, 0) is 4.79 Å². The molecule has 0 saturated heterocycles. The molecule has 0 aliphatic heterocycles. The molecular formula is C13H13ClN4O3. The number of carbonyl (C=O) groups is 1. The maximum absolute atomic E-state index is 12.1. The molecule has 7 nitrogen and oxygen atoms in total. The van der Waals surface area contributed by atoms with E-state index in [2.05, 4.69) is 10.4 Å². The van der Waals surface area contributed by atoms with Crippen LogP contribution in [0.5, 0.6) is 0 Å². The van der Waals surface area contributed by atoms with Crippen molar-refractivity contribution in [3.63, 3.8) is 0 Å². The number of nitro benzene ring substituents is 1. The third kappa shape index (κ3) is 3.19. The van der Waals surface area contributed by atoms with Gasteiger partial charge in [0.25, 0.3) is 5.69 Å². The van der Waals surface area contributed by atoms with Crippen molar-refractivity contribution in [2.45, 2.75) is 19.9 Å². The molecule has 0 bridgehead atoms. The number of nitro groups is 1. The fourth-order valence-electron chi connectivity index (χ4n) is 1.82. The van der Waals surface area contributed by atoms with Gasteiger partial charge in [0.1, 0.15) is 6.04 Å². The average Bonchev–Trinajstić information content (AvgIpc) is 2.78. The number of nitrogens with zero attached hydrogens (tertiary/aromatic N) is 3. The number of aromatic nitrogens is 2. The molecule has 1 aromatic carbocycles. The Kier molecular flexibility index (Phi) is 4.23. The molecule has 0 saturated carbocycles. The lowest BCUT2D eigenvalue weighted by atomic mass is 10.2. The first-order valence-corrected chi connectivity index (χ1v) is 6.53. The number of halogens is 1. The van der Waals surface area contributed by atoms with Gasteiger partial charge in [-0.15, -0.1) is 0 Å². The summed E-state index contributed by atoms with van der Waals surface area (Å²) in [4.78, 5) is 22.2. The fraction of sp³-hybridized carbons (Fsp3) is 0.231. The van der Waals surface area contributed by atoms with Gasteiger partial charge in [-0.2, -0.15) is 5.10 Å². The number of non-ortho nitro benzene ring substituents is 1. The van der Waals surface area contributed by atoms with E-state index in [4.69, 9.17) is 11.6 Å². The summed E-state index contributed by atoms with van der Waals surface area (Å²) in [5.74, 6) is -0.285. The second kappa shape index (κ2) is 5.92. The van der Waals surface area contributed by atoms with Gasteiger partial charge in [-0.1, -0.05) is 11.6 Å². The standard InChI is InChI=1S/C13H13ClN4O3/c1-8-12(14)7-15-17(8)9(2)13(19)16-10-3-5-11(6-4-10)18(20)21/h3-7,9H,1-2H3,(H,16,19). The van der Waals surface area contributed by atoms with Gasteiger partial charge in [-0.25, -0.2) is 0 Å². The first-order chi connectivity index (χ1) is 9.90. The maximum atomic E-state index is 12.1. The Labute approximate surface area is 125 Å². The third-order valence-corrected chi connectivity index (χ3v) is 3.45. The van der Waals surface area contributed by atoms with E-state index in [0.29, 0.717) is 16.4 Å². The molecule has 2 aromatic rings. The molecule has 1 amide bonds. The van der Waals surface area contributed by atoms with Crippen molar-refractivity contribution in [1.82, 2.24) is 9.78 Å². The average molecular weight is 309 g/mol. The minimum absolute atomic E-state index is 0.0317. The maximum Gasteiger partial charge on any atom is 0.269 e. The molecule has 1 aromatic heterocycles. The molecule has 1 heterocycles. The summed E-state index contributed by atoms with van der Waals surface area (Å²) in [5.41, 5.74) is 1.15. The normalized spacial score (nSPS) is 12.0. The Morgan fingerprint density at radius 2 is 2.05 bits per heavy atom. The largest absolute Gasteiger partial charge is 0.324 e. The molecule has 1 N–H and O–H groups in total. The minimum Gasteiger partial charge on any atom is -0.324 e. The number of carbonyl (C=O) groups excluding carboxylic acids is 1. The predicted molar refractivity (Wildman–Crippen MR) is 78.4 cm³/mol. The zero-order valence-electron chi connectivity index (χ0n) is 11.4. The Morgan fingerprint density at radius 3 is 2.52 bits per heavy atom. The van der Waals surface area contributed by atoms with Crippen LogP contribution in [0.3, 0.4) is 0 Å². The molecule has 0 spiro atoms. The summed E-state index contributed by atoms with van der Waals surface area (Å²) in [6.45, 7) is 3.46. The van der Waals surface area contributed by atoms with E-state index in [-0.39, 0.29) is 11.6 Å². The first-order valence-electron chi connectivity index (χ1n) is 6.15. The number of rotatable bonds is 4. The summed E-state index contributed by atoms with van der Waals surface area (Å²) < 4.78 is 1.52. The molecule has 0 aliphatic carbocycles. The Hall–Kier alpha value is -2.41. The lowest BCUT2D eigenvalue weighted by molar-refractivity contribution is -0.384. The molecule has 0 fully saturated rings. The van der Waals surface area contributed by atoms with Gasteiger partial charge in [-0.3, -0.25) is 19.6 Å². The number of benzene rings is 1. The van der Waals surface area contributed by atoms with Gasteiger partial charge in [0.15, 0.2) is 0 Å². The van der Waals surface area contributed by atoms with Gasteiger partial charge in [0, 0.05) is 17.8 Å². The van der Waals surface area contributed by atoms with Gasteiger partial charge < -0.3 is 5.32 Å². The first kappa shape index (κ1) is 15.0. The van der Waals surface area contributed by atoms with Crippen LogP contribution in [0.2, 0.25) is 5.02 Å². The number of amides is 1. The van der Waals surface area contributed by atoms with Crippen LogP contribution >= 0.6 is 11.6 Å². The molecule has 0 radical (unpaired) electrons. The second-order valence-electron chi connectivity index (χ2n) is 4.49. The van der Waals surface area contributed by atoms with E-state index in [1.54, 1.807) is 13.8 Å². The zero-order chi connectivity index (χ0) is 15.6. The monoisotopic (exact) mass is 308 g/mol. The van der Waals surface area contributed by atoms with E-state index < -0.39 is 11.0 Å². The second-order valence-corrected chi connectivity index (χ2v) is 4.90. The third-order valence-electron chi connectivity index (χ3n) is 3.08. The highest BCUT2D eigenvalue weighted by Gasteiger charge is 2.19. The Bertz CT molecular complexity index is 681. The van der Waals surface area contributed by atoms with Crippen LogP contribution in [0.25, 0.3) is 0 Å². The van der Waals surface area contributed by atoms with Crippen molar-refractivity contribution >= 4 is 28.9 Å². The summed E-state index contributed by atoms with van der Waals surface area (Å²) >= 11 is 5.91. The molecule has 0 aliphatic rings. The fourth-order valence-corrected chi connectivity index (χ4v) is 1.95. The van der Waals surface area contributed by atoms with Crippen LogP contribution in [0.4, 0.5) is 11.4 Å². The van der Waals surface area contributed by atoms with Crippen LogP contribution in [-0.4, -0.2) is 20.6 Å². The SMILES string of the molecule is Cc1c(Cl)cnn1C(C)C(=O)Nc1ccc([N+](=O)[O-])cc1. The molecule has 1 atom stereocenters. The summed E-state index contributed by atoms with van der Waals surface area (Å²) in [5, 5.41) is 17.8. The highest BCUT2D eigenvalue weighted by Crippen LogP contribution is 2.20. The lowest BCUT2D eigenvalue weighted by Gasteiger charge is -2.14. The van der Waals surface area contributed by atoms with Crippen LogP contribution in [0, 0.1) is 17.0 Å². The molecular weight excluding hydrogens is 296 g/mol. The topological polar surface area (TPSA) is 90.1 Å². The summed E-state index contributed by atoms with van der Waals surface area (Å²) in [6.07, 6.45) is 1.48. The molecule has 8 heteroatoms. The number of anilines is 1. The lowest BCUT2D eigenvalue weighted by Crippen LogP contribution is -2.25. The van der Waals surface area contributed by atoms with E-state index in [9.17, 15) is 14.9 Å². The van der Waals surface area contributed by atoms with E-state index in [0.717, 1.165) is 0 Å². The molecule has 1 unspecified atom stereocenters. The van der Waals surface area contributed by atoms with Crippen molar-refractivity contribution in [3.05, 3.63) is 51.3 Å². The predicted octanol–water partition coefficient (Wildman–Crippen LogP) is 2.95. The molecule has 2 rings (SSSR count). The summed E-state index contributed by atoms with van der Waals surface area (Å²) in [7, 11) is 0. The molecule has 21 heavy (non-hydrogen) atoms. The van der Waals surface area contributed by atoms with Crippen LogP contribution < -0.4 is 5.32 Å². The van der Waals surface area contributed by atoms with Gasteiger partial charge in [0.05, 0.1) is 21.8 Å². The van der Waals surface area contributed by atoms with Gasteiger partial charge in [-0.05, 0) is 26.0 Å². The number of nitrogens with one attached hydrogen (secondary N) is 1. The van der Waals surface area contributed by atoms with E-state index in [1.165, 1.54) is 35.1 Å². The van der Waals surface area contributed by atoms with Crippen molar-refractivity contribution in [2.75, 3.05) is 5.32 Å². The van der Waals surface area contributed by atoms with Crippen molar-refractivity contribution in [1.29, 1.82) is 0 Å². The highest BCUT2D eigenvalue weighted by molar-refractivity contribution is 6.31. The zero-order valence-corrected chi connectivity index (χ0v) is 12.2. The number of hydrogen-bond acceptors (Lipinski definition) is 4. The number of hydrogen-bond donors (Lipinski definition) is 1. The van der Waals surface area contributed by atoms with Gasteiger partial charge in [0.2, 0.25) is 5.91 Å². The van der Waals surface area contributed by atoms with E-state index >= 15 is 0 Å². The smallest absolute Gasteiger partial charge is 0.269 e. The quantitative estimate of drug-likeness (QED) is 0.694. The Morgan fingerprint density at radius 1 is 1.43 bits per heavy atom. The van der Waals surface area contributed by atoms with E-state index in [1.807, 2.05) is 0 Å². The van der Waals surface area contributed by atoms with Crippen molar-refractivity contribution in [3.8, 4) is 0 Å². The molecule has 110 valence electrons. The van der Waals surface area contributed by atoms with Crippen LogP contribution in [0.1, 0.15) is 18.7 Å². The van der Waals surface area contributed by atoms with Crippen molar-refractivity contribution < 1.29 is 9.72 Å². The highest BCUT2D eigenvalue weighted by atomic mass is 35.5. The minimum atomic E-state index is -0.548. The summed E-state index contributed by atoms with van der Waals surface area (Å²) in [6, 6.07) is 5.07. The van der Waals surface area contributed by atoms with Gasteiger partial charge >= 0.3 is 0 Å². The van der Waals surface area contributed by atoms with Crippen LogP contribution in [0.15, 0.2) is 30.5 Å². The Balaban J connectivity index is 2.10. The van der Waals surface area contributed by atoms with Crippen molar-refractivity contribution in [2.24, 2.45) is 0 Å².